The second kappa shape index (κ2) is 5.18. The smallest absolute Gasteiger partial charge is 0.227 e. The molecule has 2 rings (SSSR count). The summed E-state index contributed by atoms with van der Waals surface area (Å²) in [5.41, 5.74) is 5.50. The van der Waals surface area contributed by atoms with Gasteiger partial charge in [-0.2, -0.15) is 9.97 Å². The van der Waals surface area contributed by atoms with Crippen molar-refractivity contribution in [2.45, 2.75) is 0 Å². The molecule has 1 aromatic heterocycles. The molecule has 0 bridgehead atoms. The van der Waals surface area contributed by atoms with Gasteiger partial charge in [0.05, 0.1) is 17.6 Å². The number of aromatic nitrogens is 2. The Balaban J connectivity index is 2.30. The molecule has 0 fully saturated rings. The highest BCUT2D eigenvalue weighted by Crippen LogP contribution is 2.30. The van der Waals surface area contributed by atoms with Crippen molar-refractivity contribution in [2.24, 2.45) is 0 Å². The van der Waals surface area contributed by atoms with Crippen molar-refractivity contribution in [1.29, 1.82) is 0 Å². The number of benzene rings is 1. The predicted molar refractivity (Wildman–Crippen MR) is 67.2 cm³/mol. The maximum atomic E-state index is 12.9. The minimum atomic E-state index is -0.367. The van der Waals surface area contributed by atoms with Crippen molar-refractivity contribution >= 4 is 21.9 Å². The fraction of sp³-hybridized carbons (Fsp3) is 0.0909. The van der Waals surface area contributed by atoms with Gasteiger partial charge in [-0.3, -0.25) is 0 Å². The lowest BCUT2D eigenvalue weighted by Gasteiger charge is -2.08. The van der Waals surface area contributed by atoms with Gasteiger partial charge in [0, 0.05) is 0 Å². The Morgan fingerprint density at radius 1 is 1.22 bits per heavy atom. The zero-order valence-electron chi connectivity index (χ0n) is 9.35. The highest BCUT2D eigenvalue weighted by Gasteiger charge is 2.08. The van der Waals surface area contributed by atoms with E-state index < -0.39 is 0 Å². The van der Waals surface area contributed by atoms with Crippen LogP contribution in [0.25, 0.3) is 0 Å². The van der Waals surface area contributed by atoms with E-state index in [1.54, 1.807) is 0 Å². The molecule has 0 saturated heterocycles. The van der Waals surface area contributed by atoms with Crippen molar-refractivity contribution in [3.8, 4) is 17.5 Å². The van der Waals surface area contributed by atoms with Gasteiger partial charge < -0.3 is 15.2 Å². The van der Waals surface area contributed by atoms with Crippen molar-refractivity contribution < 1.29 is 13.9 Å². The molecule has 1 heterocycles. The maximum absolute atomic E-state index is 12.9. The summed E-state index contributed by atoms with van der Waals surface area (Å²) in [5, 5.41) is 0. The Hall–Kier alpha value is -1.89. The first-order chi connectivity index (χ1) is 8.58. The largest absolute Gasteiger partial charge is 0.481 e. The lowest BCUT2D eigenvalue weighted by molar-refractivity contribution is 0.389. The Kier molecular flexibility index (Phi) is 3.61. The van der Waals surface area contributed by atoms with E-state index in [2.05, 4.69) is 25.9 Å². The van der Waals surface area contributed by atoms with Gasteiger partial charge in [-0.15, -0.1) is 0 Å². The van der Waals surface area contributed by atoms with Gasteiger partial charge in [-0.25, -0.2) is 4.39 Å². The van der Waals surface area contributed by atoms with E-state index in [1.807, 2.05) is 0 Å². The summed E-state index contributed by atoms with van der Waals surface area (Å²) in [4.78, 5) is 7.71. The monoisotopic (exact) mass is 313 g/mol. The lowest BCUT2D eigenvalue weighted by Crippen LogP contribution is -1.99. The second-order valence-electron chi connectivity index (χ2n) is 3.28. The number of ether oxygens (including phenoxy) is 2. The molecule has 0 unspecified atom stereocenters. The molecular formula is C11H9BrFN3O2. The van der Waals surface area contributed by atoms with Gasteiger partial charge in [0.1, 0.15) is 11.6 Å². The maximum Gasteiger partial charge on any atom is 0.227 e. The number of hydrogen-bond acceptors (Lipinski definition) is 5. The van der Waals surface area contributed by atoms with Gasteiger partial charge in [-0.05, 0) is 34.1 Å². The summed E-state index contributed by atoms with van der Waals surface area (Å²) < 4.78 is 23.8. The van der Waals surface area contributed by atoms with E-state index in [0.717, 1.165) is 0 Å². The van der Waals surface area contributed by atoms with Crippen LogP contribution < -0.4 is 15.2 Å². The third kappa shape index (κ3) is 2.86. The first-order valence-corrected chi connectivity index (χ1v) is 5.69. The van der Waals surface area contributed by atoms with E-state index in [4.69, 9.17) is 15.2 Å². The molecule has 0 saturated carbocycles. The van der Waals surface area contributed by atoms with Gasteiger partial charge in [0.25, 0.3) is 0 Å². The second-order valence-corrected chi connectivity index (χ2v) is 4.14. The molecule has 0 aliphatic carbocycles. The van der Waals surface area contributed by atoms with Gasteiger partial charge in [0.15, 0.2) is 0 Å². The first kappa shape index (κ1) is 12.6. The van der Waals surface area contributed by atoms with Gasteiger partial charge in [-0.1, -0.05) is 0 Å². The third-order valence-corrected chi connectivity index (χ3v) is 2.63. The highest BCUT2D eigenvalue weighted by atomic mass is 79.9. The Morgan fingerprint density at radius 3 is 2.61 bits per heavy atom. The standard InChI is InChI=1S/C11H9BrFN3O2/c1-17-9-5-10(16-11(14)15-9)18-8-3-2-6(13)4-7(8)12/h2-5H,1H3,(H2,14,15,16). The number of methoxy groups -OCH3 is 1. The van der Waals surface area contributed by atoms with Crippen molar-refractivity contribution in [2.75, 3.05) is 12.8 Å². The highest BCUT2D eigenvalue weighted by molar-refractivity contribution is 9.10. The van der Waals surface area contributed by atoms with Gasteiger partial charge >= 0.3 is 0 Å². The number of anilines is 1. The van der Waals surface area contributed by atoms with Crippen LogP contribution in [0.1, 0.15) is 0 Å². The molecule has 0 atom stereocenters. The van der Waals surface area contributed by atoms with Crippen LogP contribution in [-0.2, 0) is 0 Å². The minimum absolute atomic E-state index is 0.0302. The summed E-state index contributed by atoms with van der Waals surface area (Å²) >= 11 is 3.19. The van der Waals surface area contributed by atoms with Crippen LogP contribution in [0, 0.1) is 5.82 Å². The molecule has 0 radical (unpaired) electrons. The average Bonchev–Trinajstić information content (AvgIpc) is 2.32. The lowest BCUT2D eigenvalue weighted by atomic mass is 10.3. The Bertz CT molecular complexity index is 580. The molecule has 18 heavy (non-hydrogen) atoms. The van der Waals surface area contributed by atoms with Crippen LogP contribution in [0.15, 0.2) is 28.7 Å². The fourth-order valence-electron chi connectivity index (χ4n) is 1.25. The number of nitrogens with zero attached hydrogens (tertiary/aromatic N) is 2. The molecule has 2 N–H and O–H groups in total. The van der Waals surface area contributed by atoms with Crippen molar-refractivity contribution in [3.63, 3.8) is 0 Å². The molecule has 2 aromatic rings. The molecule has 5 nitrogen and oxygen atoms in total. The Labute approximate surface area is 111 Å². The van der Waals surface area contributed by atoms with Crippen LogP contribution in [0.5, 0.6) is 17.5 Å². The molecule has 7 heteroatoms. The number of nitrogens with two attached hydrogens (primary N) is 1. The number of halogens is 2. The number of nitrogen functional groups attached to an aromatic ring is 1. The van der Waals surface area contributed by atoms with Crippen molar-refractivity contribution in [3.05, 3.63) is 34.6 Å². The quantitative estimate of drug-likeness (QED) is 0.943. The summed E-state index contributed by atoms with van der Waals surface area (Å²) in [6.45, 7) is 0. The Morgan fingerprint density at radius 2 is 1.94 bits per heavy atom. The SMILES string of the molecule is COc1cc(Oc2ccc(F)cc2Br)nc(N)n1. The molecule has 0 spiro atoms. The summed E-state index contributed by atoms with van der Waals surface area (Å²) in [5.74, 6) is 0.579. The van der Waals surface area contributed by atoms with Crippen LogP contribution in [-0.4, -0.2) is 17.1 Å². The van der Waals surface area contributed by atoms with Crippen LogP contribution in [0.3, 0.4) is 0 Å². The summed E-state index contributed by atoms with van der Waals surface area (Å²) in [7, 11) is 1.46. The van der Waals surface area contributed by atoms with Crippen LogP contribution in [0.4, 0.5) is 10.3 Å². The summed E-state index contributed by atoms with van der Waals surface area (Å²) in [6.07, 6.45) is 0. The van der Waals surface area contributed by atoms with E-state index >= 15 is 0 Å². The topological polar surface area (TPSA) is 70.3 Å². The van der Waals surface area contributed by atoms with Crippen molar-refractivity contribution in [1.82, 2.24) is 9.97 Å². The van der Waals surface area contributed by atoms with E-state index in [1.165, 1.54) is 31.4 Å². The van der Waals surface area contributed by atoms with Gasteiger partial charge in [0.2, 0.25) is 17.7 Å². The zero-order valence-corrected chi connectivity index (χ0v) is 10.9. The minimum Gasteiger partial charge on any atom is -0.481 e. The normalized spacial score (nSPS) is 10.2. The predicted octanol–water partition coefficient (Wildman–Crippen LogP) is 2.76. The molecule has 0 aliphatic heterocycles. The summed E-state index contributed by atoms with van der Waals surface area (Å²) in [6, 6.07) is 5.52. The first-order valence-electron chi connectivity index (χ1n) is 4.90. The molecule has 0 amide bonds. The molecule has 1 aromatic carbocycles. The average molecular weight is 314 g/mol. The fourth-order valence-corrected chi connectivity index (χ4v) is 1.68. The number of hydrogen-bond donors (Lipinski definition) is 1. The number of rotatable bonds is 3. The van der Waals surface area contributed by atoms with E-state index in [9.17, 15) is 4.39 Å². The van der Waals surface area contributed by atoms with Crippen LogP contribution >= 0.6 is 15.9 Å². The molecule has 94 valence electrons. The molecular weight excluding hydrogens is 305 g/mol. The van der Waals surface area contributed by atoms with E-state index in [-0.39, 0.29) is 23.5 Å². The zero-order chi connectivity index (χ0) is 13.1. The molecule has 0 aliphatic rings. The van der Waals surface area contributed by atoms with Crippen LogP contribution in [0.2, 0.25) is 0 Å². The van der Waals surface area contributed by atoms with E-state index in [0.29, 0.717) is 10.2 Å². The third-order valence-electron chi connectivity index (χ3n) is 2.01.